The van der Waals surface area contributed by atoms with E-state index in [0.29, 0.717) is 33.5 Å². The Hall–Kier alpha value is -2.59. The van der Waals surface area contributed by atoms with Crippen molar-refractivity contribution >= 4 is 46.4 Å². The lowest BCUT2D eigenvalue weighted by Crippen LogP contribution is -2.32. The first-order chi connectivity index (χ1) is 12.9. The third-order valence-corrected chi connectivity index (χ3v) is 4.31. The number of halogens is 2. The van der Waals surface area contributed by atoms with Crippen LogP contribution in [-0.2, 0) is 9.59 Å². The molecule has 2 amide bonds. The number of hydrogen-bond acceptors (Lipinski definition) is 4. The van der Waals surface area contributed by atoms with Gasteiger partial charge in [0.25, 0.3) is 0 Å². The zero-order valence-corrected chi connectivity index (χ0v) is 16.1. The molecule has 0 aromatic heterocycles. The number of rotatable bonds is 7. The highest BCUT2D eigenvalue weighted by Gasteiger charge is 2.13. The molecule has 0 saturated carbocycles. The van der Waals surface area contributed by atoms with Crippen LogP contribution in [0.1, 0.15) is 12.0 Å². The summed E-state index contributed by atoms with van der Waals surface area (Å²) >= 11 is 12.1. The normalized spacial score (nSPS) is 10.3. The third-order valence-electron chi connectivity index (χ3n) is 3.68. The van der Waals surface area contributed by atoms with Crippen LogP contribution in [-0.4, -0.2) is 36.9 Å². The summed E-state index contributed by atoms with van der Waals surface area (Å²) in [6.07, 6.45) is 0.177. The molecule has 0 fully saturated rings. The number of hydrogen-bond donors (Lipinski definition) is 2. The second-order valence-electron chi connectivity index (χ2n) is 5.84. The van der Waals surface area contributed by atoms with Gasteiger partial charge in [0, 0.05) is 13.0 Å². The second-order valence-corrected chi connectivity index (χ2v) is 6.65. The van der Waals surface area contributed by atoms with Gasteiger partial charge in [-0.25, -0.2) is 0 Å². The summed E-state index contributed by atoms with van der Waals surface area (Å²) in [5.41, 5.74) is 1.24. The Morgan fingerprint density at radius 3 is 2.37 bits per heavy atom. The smallest absolute Gasteiger partial charge is 0.238 e. The first kappa shape index (κ1) is 20.7. The van der Waals surface area contributed by atoms with Gasteiger partial charge in [0.05, 0.1) is 33.5 Å². The van der Waals surface area contributed by atoms with Gasteiger partial charge in [0.1, 0.15) is 6.07 Å². The van der Waals surface area contributed by atoms with Crippen LogP contribution < -0.4 is 10.6 Å². The van der Waals surface area contributed by atoms with Gasteiger partial charge in [-0.2, -0.15) is 5.26 Å². The van der Waals surface area contributed by atoms with Gasteiger partial charge in [-0.3, -0.25) is 14.5 Å². The molecule has 6 nitrogen and oxygen atoms in total. The number of nitriles is 1. The minimum Gasteiger partial charge on any atom is -0.325 e. The van der Waals surface area contributed by atoms with Crippen LogP contribution >= 0.6 is 23.2 Å². The van der Waals surface area contributed by atoms with Crippen molar-refractivity contribution in [2.45, 2.75) is 6.42 Å². The fourth-order valence-electron chi connectivity index (χ4n) is 2.32. The number of anilines is 2. The molecule has 2 N–H and O–H groups in total. The van der Waals surface area contributed by atoms with E-state index in [1.54, 1.807) is 54.4 Å². The second kappa shape index (κ2) is 9.93. The fraction of sp³-hybridized carbons (Fsp3) is 0.211. The average molecular weight is 405 g/mol. The molecule has 27 heavy (non-hydrogen) atoms. The van der Waals surface area contributed by atoms with Gasteiger partial charge in [-0.05, 0) is 31.3 Å². The first-order valence-electron chi connectivity index (χ1n) is 8.12. The van der Waals surface area contributed by atoms with E-state index in [4.69, 9.17) is 28.5 Å². The van der Waals surface area contributed by atoms with Crippen LogP contribution in [0, 0.1) is 11.3 Å². The molecule has 0 atom stereocenters. The molecule has 0 bridgehead atoms. The number of nitrogens with one attached hydrogen (secondary N) is 2. The van der Waals surface area contributed by atoms with Gasteiger partial charge >= 0.3 is 0 Å². The van der Waals surface area contributed by atoms with E-state index in [1.165, 1.54) is 0 Å². The standard InChI is InChI=1S/C19H18Cl2N4O2/c1-25(12-18(27)24-19-14(20)6-4-7-15(19)21)10-9-17(26)23-16-8-3-2-5-13(16)11-22/h2-8H,9-10,12H2,1H3,(H,23,26)(H,24,27). The number of carbonyl (C=O) groups is 2. The molecule has 0 saturated heterocycles. The lowest BCUT2D eigenvalue weighted by Gasteiger charge is -2.17. The maximum absolute atomic E-state index is 12.1. The minimum absolute atomic E-state index is 0.0730. The summed E-state index contributed by atoms with van der Waals surface area (Å²) in [7, 11) is 1.73. The Morgan fingerprint density at radius 2 is 1.70 bits per heavy atom. The molecule has 8 heteroatoms. The predicted octanol–water partition coefficient (Wildman–Crippen LogP) is 3.76. The molecule has 2 aromatic carbocycles. The van der Waals surface area contributed by atoms with Crippen LogP contribution in [0.2, 0.25) is 10.0 Å². The summed E-state index contributed by atoms with van der Waals surface area (Å²) in [4.78, 5) is 25.9. The van der Waals surface area contributed by atoms with Crippen molar-refractivity contribution in [3.63, 3.8) is 0 Å². The Bertz CT molecular complexity index is 860. The van der Waals surface area contributed by atoms with E-state index in [1.807, 2.05) is 6.07 Å². The molecule has 0 heterocycles. The molecular weight excluding hydrogens is 387 g/mol. The highest BCUT2D eigenvalue weighted by molar-refractivity contribution is 6.39. The molecule has 0 aliphatic carbocycles. The lowest BCUT2D eigenvalue weighted by molar-refractivity contribution is -0.119. The molecule has 0 aliphatic heterocycles. The third kappa shape index (κ3) is 6.26. The molecule has 0 unspecified atom stereocenters. The van der Waals surface area contributed by atoms with E-state index in [2.05, 4.69) is 10.6 Å². The predicted molar refractivity (Wildman–Crippen MR) is 107 cm³/mol. The summed E-state index contributed by atoms with van der Waals surface area (Å²) in [5, 5.41) is 15.1. The Morgan fingerprint density at radius 1 is 1.04 bits per heavy atom. The molecule has 0 spiro atoms. The van der Waals surface area contributed by atoms with E-state index < -0.39 is 0 Å². The van der Waals surface area contributed by atoms with Crippen molar-refractivity contribution in [2.24, 2.45) is 0 Å². The van der Waals surface area contributed by atoms with Gasteiger partial charge in [-0.15, -0.1) is 0 Å². The molecule has 0 radical (unpaired) electrons. The highest BCUT2D eigenvalue weighted by atomic mass is 35.5. The highest BCUT2D eigenvalue weighted by Crippen LogP contribution is 2.29. The van der Waals surface area contributed by atoms with Crippen LogP contribution in [0.4, 0.5) is 11.4 Å². The van der Waals surface area contributed by atoms with Crippen molar-refractivity contribution in [1.82, 2.24) is 4.90 Å². The van der Waals surface area contributed by atoms with E-state index in [-0.39, 0.29) is 24.8 Å². The number of para-hydroxylation sites is 2. The summed E-state index contributed by atoms with van der Waals surface area (Å²) < 4.78 is 0. The zero-order valence-electron chi connectivity index (χ0n) is 14.6. The van der Waals surface area contributed by atoms with Gasteiger partial charge in [-0.1, -0.05) is 41.4 Å². The fourth-order valence-corrected chi connectivity index (χ4v) is 2.81. The van der Waals surface area contributed by atoms with E-state index >= 15 is 0 Å². The maximum atomic E-state index is 12.1. The maximum Gasteiger partial charge on any atom is 0.238 e. The number of benzene rings is 2. The molecule has 2 rings (SSSR count). The molecule has 0 aliphatic rings. The van der Waals surface area contributed by atoms with Crippen molar-refractivity contribution < 1.29 is 9.59 Å². The number of likely N-dealkylation sites (N-methyl/N-ethyl adjacent to an activating group) is 1. The topological polar surface area (TPSA) is 85.2 Å². The van der Waals surface area contributed by atoms with Gasteiger partial charge in [0.2, 0.25) is 11.8 Å². The van der Waals surface area contributed by atoms with Crippen LogP contribution in [0.5, 0.6) is 0 Å². The van der Waals surface area contributed by atoms with E-state index in [9.17, 15) is 9.59 Å². The van der Waals surface area contributed by atoms with Crippen LogP contribution in [0.15, 0.2) is 42.5 Å². The van der Waals surface area contributed by atoms with Crippen LogP contribution in [0.25, 0.3) is 0 Å². The number of nitrogens with zero attached hydrogens (tertiary/aromatic N) is 2. The van der Waals surface area contributed by atoms with Crippen molar-refractivity contribution in [3.05, 3.63) is 58.1 Å². The van der Waals surface area contributed by atoms with Gasteiger partial charge in [0.15, 0.2) is 0 Å². The van der Waals surface area contributed by atoms with Crippen LogP contribution in [0.3, 0.4) is 0 Å². The molecular formula is C19H18Cl2N4O2. The van der Waals surface area contributed by atoms with Crippen molar-refractivity contribution in [2.75, 3.05) is 30.8 Å². The quantitative estimate of drug-likeness (QED) is 0.735. The van der Waals surface area contributed by atoms with Gasteiger partial charge < -0.3 is 10.6 Å². The Labute approximate surface area is 167 Å². The Balaban J connectivity index is 1.82. The summed E-state index contributed by atoms with van der Waals surface area (Å²) in [5.74, 6) is -0.526. The molecule has 2 aromatic rings. The van der Waals surface area contributed by atoms with Crippen molar-refractivity contribution in [3.8, 4) is 6.07 Å². The summed E-state index contributed by atoms with van der Waals surface area (Å²) in [6, 6.07) is 13.8. The minimum atomic E-state index is -0.289. The number of carbonyl (C=O) groups excluding carboxylic acids is 2. The largest absolute Gasteiger partial charge is 0.325 e. The monoisotopic (exact) mass is 404 g/mol. The average Bonchev–Trinajstić information content (AvgIpc) is 2.63. The SMILES string of the molecule is CN(CCC(=O)Nc1ccccc1C#N)CC(=O)Nc1c(Cl)cccc1Cl. The zero-order chi connectivity index (χ0) is 19.8. The lowest BCUT2D eigenvalue weighted by atomic mass is 10.2. The van der Waals surface area contributed by atoms with Crippen molar-refractivity contribution in [1.29, 1.82) is 5.26 Å². The Kier molecular flexibility index (Phi) is 7.62. The summed E-state index contributed by atoms with van der Waals surface area (Å²) in [6.45, 7) is 0.438. The number of amides is 2. The first-order valence-corrected chi connectivity index (χ1v) is 8.87. The van der Waals surface area contributed by atoms with E-state index in [0.717, 1.165) is 0 Å². The molecule has 140 valence electrons.